The monoisotopic (exact) mass is 246 g/mol. The summed E-state index contributed by atoms with van der Waals surface area (Å²) < 4.78 is 0. The zero-order valence-electron chi connectivity index (χ0n) is 11.4. The first kappa shape index (κ1) is 12.1. The van der Waals surface area contributed by atoms with Crippen molar-refractivity contribution in [3.8, 4) is 0 Å². The second-order valence-corrected chi connectivity index (χ2v) is 5.74. The van der Waals surface area contributed by atoms with Crippen molar-refractivity contribution in [2.24, 2.45) is 0 Å². The zero-order chi connectivity index (χ0) is 12.5. The van der Waals surface area contributed by atoms with Crippen LogP contribution in [0.15, 0.2) is 0 Å². The highest BCUT2D eigenvalue weighted by Crippen LogP contribution is 2.38. The minimum Gasteiger partial charge on any atom is -0.312 e. The molecule has 0 radical (unpaired) electrons. The molecule has 4 heteroatoms. The highest BCUT2D eigenvalue weighted by atomic mass is 15.1. The molecule has 0 unspecified atom stereocenters. The third-order valence-corrected chi connectivity index (χ3v) is 3.96. The van der Waals surface area contributed by atoms with E-state index in [1.165, 1.54) is 36.2 Å². The highest BCUT2D eigenvalue weighted by Gasteiger charge is 2.27. The van der Waals surface area contributed by atoms with E-state index < -0.39 is 0 Å². The van der Waals surface area contributed by atoms with Gasteiger partial charge in [-0.3, -0.25) is 0 Å². The standard InChI is InChI=1S/C14H22N4/c1-18(2)9-13-16-12-6-7-15-8-11(12)14(17-13)10-4-3-5-10/h10,15H,3-9H2,1-2H3. The topological polar surface area (TPSA) is 41.1 Å². The van der Waals surface area contributed by atoms with Gasteiger partial charge in [0.2, 0.25) is 0 Å². The van der Waals surface area contributed by atoms with Crippen LogP contribution < -0.4 is 5.32 Å². The molecule has 1 fully saturated rings. The van der Waals surface area contributed by atoms with Gasteiger partial charge in [0.25, 0.3) is 0 Å². The molecule has 18 heavy (non-hydrogen) atoms. The fourth-order valence-electron chi connectivity index (χ4n) is 2.80. The lowest BCUT2D eigenvalue weighted by Crippen LogP contribution is -2.29. The Bertz CT molecular complexity index is 438. The molecule has 2 heterocycles. The lowest BCUT2D eigenvalue weighted by Gasteiger charge is -2.30. The first-order valence-electron chi connectivity index (χ1n) is 6.98. The second kappa shape index (κ2) is 4.94. The van der Waals surface area contributed by atoms with E-state index in [-0.39, 0.29) is 0 Å². The Balaban J connectivity index is 1.97. The van der Waals surface area contributed by atoms with Crippen LogP contribution in [0.1, 0.15) is 48.0 Å². The Kier molecular flexibility index (Phi) is 3.31. The molecule has 2 aliphatic rings. The molecule has 1 aromatic rings. The molecule has 4 nitrogen and oxygen atoms in total. The van der Waals surface area contributed by atoms with E-state index in [0.29, 0.717) is 5.92 Å². The Morgan fingerprint density at radius 1 is 1.28 bits per heavy atom. The van der Waals surface area contributed by atoms with E-state index in [2.05, 4.69) is 24.3 Å². The fourth-order valence-corrected chi connectivity index (χ4v) is 2.80. The number of hydrogen-bond donors (Lipinski definition) is 1. The first-order chi connectivity index (χ1) is 8.74. The Morgan fingerprint density at radius 2 is 2.11 bits per heavy atom. The lowest BCUT2D eigenvalue weighted by molar-refractivity contribution is 0.376. The Labute approximate surface area is 109 Å². The number of hydrogen-bond acceptors (Lipinski definition) is 4. The van der Waals surface area contributed by atoms with Crippen LogP contribution in [0.5, 0.6) is 0 Å². The van der Waals surface area contributed by atoms with Gasteiger partial charge in [-0.25, -0.2) is 9.97 Å². The Morgan fingerprint density at radius 3 is 2.78 bits per heavy atom. The van der Waals surface area contributed by atoms with Crippen molar-refractivity contribution in [3.63, 3.8) is 0 Å². The molecule has 0 saturated heterocycles. The van der Waals surface area contributed by atoms with Crippen molar-refractivity contribution < 1.29 is 0 Å². The summed E-state index contributed by atoms with van der Waals surface area (Å²) in [6, 6.07) is 0. The van der Waals surface area contributed by atoms with Crippen LogP contribution >= 0.6 is 0 Å². The van der Waals surface area contributed by atoms with Gasteiger partial charge in [-0.05, 0) is 26.9 Å². The van der Waals surface area contributed by atoms with E-state index in [4.69, 9.17) is 9.97 Å². The number of nitrogens with one attached hydrogen (secondary N) is 1. The van der Waals surface area contributed by atoms with Gasteiger partial charge in [-0.2, -0.15) is 0 Å². The summed E-state index contributed by atoms with van der Waals surface area (Å²) in [5.41, 5.74) is 4.03. The van der Waals surface area contributed by atoms with Gasteiger partial charge in [0.05, 0.1) is 17.9 Å². The lowest BCUT2D eigenvalue weighted by atomic mass is 9.80. The van der Waals surface area contributed by atoms with Crippen molar-refractivity contribution >= 4 is 0 Å². The molecule has 1 aliphatic heterocycles. The Hall–Kier alpha value is -1.00. The third kappa shape index (κ3) is 2.27. The SMILES string of the molecule is CN(C)Cc1nc2c(c(C3CCC3)n1)CNCC2. The minimum atomic E-state index is 0.697. The average Bonchev–Trinajstić information content (AvgIpc) is 2.25. The summed E-state index contributed by atoms with van der Waals surface area (Å²) in [5.74, 6) is 1.70. The molecule has 0 atom stereocenters. The molecule has 1 aliphatic carbocycles. The van der Waals surface area contributed by atoms with Crippen LogP contribution in [0, 0.1) is 0 Å². The number of fused-ring (bicyclic) bond motifs is 1. The quantitative estimate of drug-likeness (QED) is 0.876. The minimum absolute atomic E-state index is 0.697. The maximum atomic E-state index is 4.86. The van der Waals surface area contributed by atoms with Crippen LogP contribution in [0.25, 0.3) is 0 Å². The molecule has 1 aromatic heterocycles. The summed E-state index contributed by atoms with van der Waals surface area (Å²) in [4.78, 5) is 11.8. The van der Waals surface area contributed by atoms with Crippen LogP contribution in [0.4, 0.5) is 0 Å². The summed E-state index contributed by atoms with van der Waals surface area (Å²) in [7, 11) is 4.15. The summed E-state index contributed by atoms with van der Waals surface area (Å²) in [5, 5.41) is 3.45. The zero-order valence-corrected chi connectivity index (χ0v) is 11.4. The predicted molar refractivity (Wildman–Crippen MR) is 71.4 cm³/mol. The molecule has 98 valence electrons. The number of nitrogens with zero attached hydrogens (tertiary/aromatic N) is 3. The van der Waals surface area contributed by atoms with Crippen LogP contribution in [-0.4, -0.2) is 35.5 Å². The van der Waals surface area contributed by atoms with Crippen molar-refractivity contribution in [1.29, 1.82) is 0 Å². The largest absolute Gasteiger partial charge is 0.312 e. The van der Waals surface area contributed by atoms with Crippen molar-refractivity contribution in [3.05, 3.63) is 22.8 Å². The van der Waals surface area contributed by atoms with Crippen molar-refractivity contribution in [2.45, 2.75) is 44.7 Å². The highest BCUT2D eigenvalue weighted by molar-refractivity contribution is 5.31. The normalized spacial score (nSPS) is 19.7. The smallest absolute Gasteiger partial charge is 0.142 e. The molecular weight excluding hydrogens is 224 g/mol. The maximum absolute atomic E-state index is 4.86. The van der Waals surface area contributed by atoms with Gasteiger partial charge >= 0.3 is 0 Å². The van der Waals surface area contributed by atoms with Crippen LogP contribution in [0.2, 0.25) is 0 Å². The summed E-state index contributed by atoms with van der Waals surface area (Å²) >= 11 is 0. The molecule has 1 N–H and O–H groups in total. The van der Waals surface area contributed by atoms with E-state index in [0.717, 1.165) is 31.9 Å². The summed E-state index contributed by atoms with van der Waals surface area (Å²) in [6.45, 7) is 2.86. The van der Waals surface area contributed by atoms with Crippen LogP contribution in [0.3, 0.4) is 0 Å². The maximum Gasteiger partial charge on any atom is 0.142 e. The molecule has 0 amide bonds. The molecule has 0 aromatic carbocycles. The van der Waals surface area contributed by atoms with Gasteiger partial charge in [0, 0.05) is 31.0 Å². The van der Waals surface area contributed by atoms with Gasteiger partial charge in [0.1, 0.15) is 5.82 Å². The first-order valence-corrected chi connectivity index (χ1v) is 6.98. The van der Waals surface area contributed by atoms with Crippen molar-refractivity contribution in [2.75, 3.05) is 20.6 Å². The molecule has 0 spiro atoms. The average molecular weight is 246 g/mol. The molecule has 3 rings (SSSR count). The van der Waals surface area contributed by atoms with E-state index in [9.17, 15) is 0 Å². The van der Waals surface area contributed by atoms with Gasteiger partial charge in [0.15, 0.2) is 0 Å². The number of rotatable bonds is 3. The third-order valence-electron chi connectivity index (χ3n) is 3.96. The van der Waals surface area contributed by atoms with Gasteiger partial charge in [-0.15, -0.1) is 0 Å². The fraction of sp³-hybridized carbons (Fsp3) is 0.714. The predicted octanol–water partition coefficient (Wildman–Crippen LogP) is 1.45. The van der Waals surface area contributed by atoms with Crippen molar-refractivity contribution in [1.82, 2.24) is 20.2 Å². The summed E-state index contributed by atoms with van der Waals surface area (Å²) in [6.07, 6.45) is 5.04. The van der Waals surface area contributed by atoms with E-state index in [1.807, 2.05) is 0 Å². The molecular formula is C14H22N4. The molecule has 1 saturated carbocycles. The van der Waals surface area contributed by atoms with Gasteiger partial charge in [-0.1, -0.05) is 6.42 Å². The molecule has 0 bridgehead atoms. The van der Waals surface area contributed by atoms with E-state index in [1.54, 1.807) is 0 Å². The van der Waals surface area contributed by atoms with E-state index >= 15 is 0 Å². The van der Waals surface area contributed by atoms with Gasteiger partial charge < -0.3 is 10.2 Å². The second-order valence-electron chi connectivity index (χ2n) is 5.74. The number of aromatic nitrogens is 2. The van der Waals surface area contributed by atoms with Crippen LogP contribution in [-0.2, 0) is 19.5 Å².